The van der Waals surface area contributed by atoms with Gasteiger partial charge in [-0.05, 0) is 48.1 Å². The molecule has 1 amide bonds. The summed E-state index contributed by atoms with van der Waals surface area (Å²) in [5.41, 5.74) is 4.27. The number of hydrogen-bond acceptors (Lipinski definition) is 3. The van der Waals surface area contributed by atoms with Crippen molar-refractivity contribution in [2.45, 2.75) is 32.7 Å². The smallest absolute Gasteiger partial charge is 0.217 e. The first-order valence-corrected chi connectivity index (χ1v) is 9.33. The van der Waals surface area contributed by atoms with Crippen molar-refractivity contribution in [1.82, 2.24) is 10.6 Å². The van der Waals surface area contributed by atoms with Crippen molar-refractivity contribution in [3.05, 3.63) is 83.3 Å². The van der Waals surface area contributed by atoms with Crippen molar-refractivity contribution < 1.29 is 13.9 Å². The van der Waals surface area contributed by atoms with Gasteiger partial charge in [0.05, 0.1) is 6.54 Å². The second-order valence-electron chi connectivity index (χ2n) is 6.58. The monoisotopic (exact) mass is 386 g/mol. The zero-order valence-corrected chi connectivity index (χ0v) is 17.1. The highest BCUT2D eigenvalue weighted by molar-refractivity contribution is 5.73. The van der Waals surface area contributed by atoms with E-state index in [0.29, 0.717) is 13.1 Å². The first-order valence-electron chi connectivity index (χ1n) is 9.33. The molecule has 4 nitrogen and oxygen atoms in total. The number of halogens is 1. The number of carbonyl (C=O) groups excluding carboxylic acids is 1. The zero-order chi connectivity index (χ0) is 20.8. The van der Waals surface area contributed by atoms with Crippen LogP contribution in [0.25, 0.3) is 0 Å². The van der Waals surface area contributed by atoms with Crippen molar-refractivity contribution in [3.8, 4) is 0 Å². The van der Waals surface area contributed by atoms with Gasteiger partial charge in [0.15, 0.2) is 0 Å². The molecule has 2 N–H and O–H groups in total. The maximum Gasteiger partial charge on any atom is 0.217 e. The summed E-state index contributed by atoms with van der Waals surface area (Å²) >= 11 is 0. The Morgan fingerprint density at radius 1 is 1.00 bits per heavy atom. The molecule has 0 atom stereocenters. The molecule has 5 heteroatoms. The van der Waals surface area contributed by atoms with E-state index in [2.05, 4.69) is 46.2 Å². The summed E-state index contributed by atoms with van der Waals surface area (Å²) in [5, 5.41) is 5.91. The van der Waals surface area contributed by atoms with Crippen LogP contribution in [0.4, 0.5) is 4.39 Å². The van der Waals surface area contributed by atoms with Crippen LogP contribution in [0.5, 0.6) is 0 Å². The number of nitrogens with one attached hydrogen (secondary N) is 2. The molecule has 0 unspecified atom stereocenters. The first kappa shape index (κ1) is 23.4. The second kappa shape index (κ2) is 13.5. The molecule has 0 aliphatic carbocycles. The highest BCUT2D eigenvalue weighted by Crippen LogP contribution is 2.11. The van der Waals surface area contributed by atoms with Gasteiger partial charge in [-0.1, -0.05) is 43.0 Å². The molecule has 2 rings (SSSR count). The predicted octanol–water partition coefficient (Wildman–Crippen LogP) is 4.00. The quantitative estimate of drug-likeness (QED) is 0.685. The molecule has 0 fully saturated rings. The fraction of sp³-hybridized carbons (Fsp3) is 0.348. The van der Waals surface area contributed by atoms with E-state index in [1.54, 1.807) is 26.4 Å². The molecular weight excluding hydrogens is 355 g/mol. The van der Waals surface area contributed by atoms with Crippen LogP contribution >= 0.6 is 0 Å². The minimum absolute atomic E-state index is 0.0643. The van der Waals surface area contributed by atoms with Gasteiger partial charge in [-0.3, -0.25) is 4.79 Å². The standard InChI is InChI=1S/C21H25FN2O.C2H6O/c1-16(14-24-17(2)25)23-15-20-11-9-18(10-12-20)5-3-6-19-7-4-8-21(22)13-19;1-3-2/h4,7-13,23H,1,3,5-6,14-15H2,2H3,(H,24,25);1-2H3. The third-order valence-corrected chi connectivity index (χ3v) is 3.94. The van der Waals surface area contributed by atoms with Crippen LogP contribution in [0.2, 0.25) is 0 Å². The van der Waals surface area contributed by atoms with Gasteiger partial charge in [0.25, 0.3) is 0 Å². The summed E-state index contributed by atoms with van der Waals surface area (Å²) in [6.07, 6.45) is 2.85. The fourth-order valence-electron chi connectivity index (χ4n) is 2.53. The second-order valence-corrected chi connectivity index (χ2v) is 6.58. The van der Waals surface area contributed by atoms with E-state index in [1.165, 1.54) is 18.6 Å². The predicted molar refractivity (Wildman–Crippen MR) is 112 cm³/mol. The maximum absolute atomic E-state index is 13.1. The van der Waals surface area contributed by atoms with Crippen molar-refractivity contribution in [1.29, 1.82) is 0 Å². The molecule has 0 radical (unpaired) electrons. The normalized spacial score (nSPS) is 9.86. The molecule has 0 aliphatic rings. The van der Waals surface area contributed by atoms with Crippen LogP contribution in [0.15, 0.2) is 60.8 Å². The minimum Gasteiger partial charge on any atom is -0.388 e. The Kier molecular flexibility index (Phi) is 11.3. The average molecular weight is 387 g/mol. The molecule has 0 aromatic heterocycles. The topological polar surface area (TPSA) is 50.4 Å². The first-order chi connectivity index (χ1) is 13.4. The summed E-state index contributed by atoms with van der Waals surface area (Å²) in [7, 11) is 3.25. The Bertz CT molecular complexity index is 730. The Hall–Kier alpha value is -2.66. The van der Waals surface area contributed by atoms with Gasteiger partial charge in [0, 0.05) is 33.4 Å². The van der Waals surface area contributed by atoms with E-state index in [-0.39, 0.29) is 11.7 Å². The fourth-order valence-corrected chi connectivity index (χ4v) is 2.53. The van der Waals surface area contributed by atoms with Crippen molar-refractivity contribution >= 4 is 5.91 Å². The summed E-state index contributed by atoms with van der Waals surface area (Å²) < 4.78 is 17.4. The molecule has 0 heterocycles. The molecule has 2 aromatic carbocycles. The largest absolute Gasteiger partial charge is 0.388 e. The van der Waals surface area contributed by atoms with Gasteiger partial charge < -0.3 is 15.4 Å². The average Bonchev–Trinajstić information content (AvgIpc) is 2.66. The number of hydrogen-bond donors (Lipinski definition) is 2. The van der Waals surface area contributed by atoms with E-state index in [1.807, 2.05) is 6.07 Å². The summed E-state index contributed by atoms with van der Waals surface area (Å²) in [6.45, 7) is 6.49. The molecule has 0 saturated heterocycles. The Morgan fingerprint density at radius 3 is 2.21 bits per heavy atom. The summed E-state index contributed by atoms with van der Waals surface area (Å²) in [5.74, 6) is -0.236. The number of rotatable bonds is 9. The van der Waals surface area contributed by atoms with Crippen molar-refractivity contribution in [2.75, 3.05) is 20.8 Å². The highest BCUT2D eigenvalue weighted by atomic mass is 19.1. The van der Waals surface area contributed by atoms with Crippen molar-refractivity contribution in [2.24, 2.45) is 0 Å². The van der Waals surface area contributed by atoms with Gasteiger partial charge >= 0.3 is 0 Å². The van der Waals surface area contributed by atoms with Gasteiger partial charge in [-0.25, -0.2) is 4.39 Å². The van der Waals surface area contributed by atoms with E-state index in [4.69, 9.17) is 0 Å². The molecule has 0 spiro atoms. The van der Waals surface area contributed by atoms with Crippen LogP contribution in [-0.2, 0) is 28.9 Å². The molecule has 28 heavy (non-hydrogen) atoms. The number of aryl methyl sites for hydroxylation is 2. The third kappa shape index (κ3) is 10.5. The molecule has 0 saturated carbocycles. The molecule has 0 aliphatic heterocycles. The van der Waals surface area contributed by atoms with Gasteiger partial charge in [-0.2, -0.15) is 0 Å². The highest BCUT2D eigenvalue weighted by Gasteiger charge is 2.00. The lowest BCUT2D eigenvalue weighted by atomic mass is 10.0. The SMILES string of the molecule is C=C(CNC(C)=O)NCc1ccc(CCCc2cccc(F)c2)cc1.COC. The minimum atomic E-state index is -0.172. The number of amides is 1. The van der Waals surface area contributed by atoms with Crippen LogP contribution in [0.1, 0.15) is 30.0 Å². The summed E-state index contributed by atoms with van der Waals surface area (Å²) in [6, 6.07) is 15.2. The maximum atomic E-state index is 13.1. The number of methoxy groups -OCH3 is 1. The lowest BCUT2D eigenvalue weighted by molar-refractivity contribution is -0.118. The molecule has 152 valence electrons. The van der Waals surface area contributed by atoms with Crippen LogP contribution in [0.3, 0.4) is 0 Å². The lowest BCUT2D eigenvalue weighted by Gasteiger charge is -2.10. The van der Waals surface area contributed by atoms with E-state index < -0.39 is 0 Å². The van der Waals surface area contributed by atoms with Crippen molar-refractivity contribution in [3.63, 3.8) is 0 Å². The van der Waals surface area contributed by atoms with Gasteiger partial charge in [0.2, 0.25) is 5.91 Å². The number of benzene rings is 2. The Labute approximate surface area is 167 Å². The van der Waals surface area contributed by atoms with Gasteiger partial charge in [0.1, 0.15) is 5.82 Å². The molecule has 2 aromatic rings. The Balaban J connectivity index is 0.00000122. The Morgan fingerprint density at radius 2 is 1.61 bits per heavy atom. The number of carbonyl (C=O) groups is 1. The zero-order valence-electron chi connectivity index (χ0n) is 17.1. The van der Waals surface area contributed by atoms with Crippen LogP contribution in [0, 0.1) is 5.82 Å². The van der Waals surface area contributed by atoms with Crippen LogP contribution in [-0.4, -0.2) is 26.7 Å². The molecule has 0 bridgehead atoms. The lowest BCUT2D eigenvalue weighted by Crippen LogP contribution is -2.27. The van der Waals surface area contributed by atoms with E-state index in [0.717, 1.165) is 36.1 Å². The van der Waals surface area contributed by atoms with Gasteiger partial charge in [-0.15, -0.1) is 0 Å². The van der Waals surface area contributed by atoms with E-state index in [9.17, 15) is 9.18 Å². The number of ether oxygens (including phenoxy) is 1. The van der Waals surface area contributed by atoms with E-state index >= 15 is 0 Å². The molecular formula is C23H31FN2O2. The summed E-state index contributed by atoms with van der Waals surface area (Å²) in [4.78, 5) is 10.9. The van der Waals surface area contributed by atoms with Crippen LogP contribution < -0.4 is 10.6 Å². The third-order valence-electron chi connectivity index (χ3n) is 3.94.